The number of aliphatic hydroxyl groups is 1. The van der Waals surface area contributed by atoms with E-state index in [1.54, 1.807) is 0 Å². The van der Waals surface area contributed by atoms with Gasteiger partial charge >= 0.3 is 0 Å². The first-order valence-electron chi connectivity index (χ1n) is 9.08. The van der Waals surface area contributed by atoms with Crippen LogP contribution in [0.15, 0.2) is 36.4 Å². The molecule has 0 radical (unpaired) electrons. The quantitative estimate of drug-likeness (QED) is 0.854. The van der Waals surface area contributed by atoms with Crippen LogP contribution in [0.3, 0.4) is 0 Å². The van der Waals surface area contributed by atoms with Crippen LogP contribution < -0.4 is 0 Å². The predicted molar refractivity (Wildman–Crippen MR) is 98.0 cm³/mol. The van der Waals surface area contributed by atoms with Crippen LogP contribution in [0.5, 0.6) is 0 Å². The van der Waals surface area contributed by atoms with Gasteiger partial charge in [0.2, 0.25) is 0 Å². The molecule has 0 aliphatic carbocycles. The average Bonchev–Trinajstić information content (AvgIpc) is 2.58. The molecule has 0 saturated carbocycles. The fourth-order valence-corrected chi connectivity index (χ4v) is 4.05. The normalized spacial score (nSPS) is 20.0. The highest BCUT2D eigenvalue weighted by Gasteiger charge is 2.36. The number of aryl methyl sites for hydroxylation is 1. The summed E-state index contributed by atoms with van der Waals surface area (Å²) in [6.07, 6.45) is 3.86. The third-order valence-corrected chi connectivity index (χ3v) is 5.34. The van der Waals surface area contributed by atoms with Gasteiger partial charge in [0.05, 0.1) is 18.8 Å². The van der Waals surface area contributed by atoms with E-state index < -0.39 is 0 Å². The molecule has 2 aromatic rings. The van der Waals surface area contributed by atoms with Gasteiger partial charge in [-0.25, -0.2) is 0 Å². The Bertz CT molecular complexity index is 703. The van der Waals surface area contributed by atoms with Crippen LogP contribution in [-0.2, 0) is 36.4 Å². The van der Waals surface area contributed by atoms with E-state index in [0.29, 0.717) is 6.61 Å². The van der Waals surface area contributed by atoms with Gasteiger partial charge in [0.25, 0.3) is 0 Å². The molecule has 2 aromatic carbocycles. The smallest absolute Gasteiger partial charge is 0.0978 e. The van der Waals surface area contributed by atoms with Crippen molar-refractivity contribution >= 4 is 0 Å². The molecule has 2 aliphatic heterocycles. The summed E-state index contributed by atoms with van der Waals surface area (Å²) in [5, 5.41) is 9.85. The SMILES string of the molecule is CCCc1c(CO)ccc(C)c1C1(CC)Cc2ccc(cc2)CO1. The molecule has 2 bridgehead atoms. The van der Waals surface area contributed by atoms with E-state index in [2.05, 4.69) is 57.2 Å². The molecular formula is C22H28O2. The van der Waals surface area contributed by atoms with E-state index in [9.17, 15) is 5.11 Å². The van der Waals surface area contributed by atoms with E-state index in [1.165, 1.54) is 27.8 Å². The van der Waals surface area contributed by atoms with E-state index in [4.69, 9.17) is 4.74 Å². The second kappa shape index (κ2) is 7.08. The zero-order valence-corrected chi connectivity index (χ0v) is 15.1. The van der Waals surface area contributed by atoms with Gasteiger partial charge in [-0.1, -0.05) is 56.7 Å². The first-order valence-corrected chi connectivity index (χ1v) is 9.08. The highest BCUT2D eigenvalue weighted by Crippen LogP contribution is 2.41. The highest BCUT2D eigenvalue weighted by molar-refractivity contribution is 5.46. The van der Waals surface area contributed by atoms with Gasteiger partial charge in [-0.05, 0) is 53.1 Å². The molecule has 0 fully saturated rings. The first kappa shape index (κ1) is 17.2. The minimum absolute atomic E-state index is 0.0934. The lowest BCUT2D eigenvalue weighted by molar-refractivity contribution is -0.0676. The first-order chi connectivity index (χ1) is 11.6. The van der Waals surface area contributed by atoms with Crippen LogP contribution in [0.25, 0.3) is 0 Å². The number of benzene rings is 2. The van der Waals surface area contributed by atoms with Crippen molar-refractivity contribution in [2.75, 3.05) is 0 Å². The van der Waals surface area contributed by atoms with Gasteiger partial charge < -0.3 is 9.84 Å². The maximum Gasteiger partial charge on any atom is 0.0978 e. The molecule has 1 N–H and O–H groups in total. The molecule has 2 heterocycles. The summed E-state index contributed by atoms with van der Waals surface area (Å²) in [5.41, 5.74) is 7.14. The molecule has 1 unspecified atom stereocenters. The lowest BCUT2D eigenvalue weighted by Gasteiger charge is -2.38. The number of aliphatic hydroxyl groups excluding tert-OH is 1. The lowest BCUT2D eigenvalue weighted by atomic mass is 9.77. The highest BCUT2D eigenvalue weighted by atomic mass is 16.5. The van der Waals surface area contributed by atoms with Crippen molar-refractivity contribution in [3.05, 3.63) is 69.8 Å². The molecule has 24 heavy (non-hydrogen) atoms. The fraction of sp³-hybridized carbons (Fsp3) is 0.455. The zero-order chi connectivity index (χ0) is 17.2. The summed E-state index contributed by atoms with van der Waals surface area (Å²) >= 11 is 0. The summed E-state index contributed by atoms with van der Waals surface area (Å²) in [4.78, 5) is 0. The second-order valence-electron chi connectivity index (χ2n) is 6.93. The van der Waals surface area contributed by atoms with Crippen LogP contribution in [0.4, 0.5) is 0 Å². The molecule has 0 aromatic heterocycles. The molecule has 2 heteroatoms. The van der Waals surface area contributed by atoms with Crippen LogP contribution in [0.2, 0.25) is 0 Å². The Morgan fingerprint density at radius 1 is 1.04 bits per heavy atom. The lowest BCUT2D eigenvalue weighted by Crippen LogP contribution is -2.35. The fourth-order valence-electron chi connectivity index (χ4n) is 4.05. The van der Waals surface area contributed by atoms with Gasteiger partial charge in [0, 0.05) is 6.42 Å². The Kier molecular flexibility index (Phi) is 5.07. The Balaban J connectivity index is 2.18. The standard InChI is InChI=1S/C22H28O2/c1-4-6-20-19(14-23)12-7-16(3)21(20)22(5-2)13-17-8-10-18(11-9-17)15-24-22/h7-12,23H,4-6,13-15H2,1-3H3. The van der Waals surface area contributed by atoms with Gasteiger partial charge in [0.1, 0.15) is 0 Å². The van der Waals surface area contributed by atoms with Gasteiger partial charge in [0.15, 0.2) is 0 Å². The summed E-state index contributed by atoms with van der Waals surface area (Å²) in [5.74, 6) is 0. The molecule has 0 saturated heterocycles. The number of fused-ring (bicyclic) bond motifs is 5. The Morgan fingerprint density at radius 3 is 2.38 bits per heavy atom. The number of hydrogen-bond acceptors (Lipinski definition) is 2. The second-order valence-corrected chi connectivity index (χ2v) is 6.93. The molecule has 0 amide bonds. The molecule has 2 nitrogen and oxygen atoms in total. The predicted octanol–water partition coefficient (Wildman–Crippen LogP) is 4.82. The van der Waals surface area contributed by atoms with Crippen molar-refractivity contribution < 1.29 is 9.84 Å². The Labute approximate surface area is 145 Å². The molecule has 128 valence electrons. The van der Waals surface area contributed by atoms with Crippen molar-refractivity contribution in [2.24, 2.45) is 0 Å². The van der Waals surface area contributed by atoms with Crippen LogP contribution in [0.1, 0.15) is 60.1 Å². The van der Waals surface area contributed by atoms with Gasteiger partial charge in [-0.3, -0.25) is 0 Å². The minimum atomic E-state index is -0.310. The van der Waals surface area contributed by atoms with E-state index in [1.807, 2.05) is 0 Å². The maximum absolute atomic E-state index is 9.85. The zero-order valence-electron chi connectivity index (χ0n) is 15.1. The van der Waals surface area contributed by atoms with Crippen molar-refractivity contribution in [3.63, 3.8) is 0 Å². The third kappa shape index (κ3) is 3.01. The van der Waals surface area contributed by atoms with E-state index in [0.717, 1.165) is 31.2 Å². The monoisotopic (exact) mass is 324 g/mol. The van der Waals surface area contributed by atoms with E-state index in [-0.39, 0.29) is 12.2 Å². The summed E-state index contributed by atoms with van der Waals surface area (Å²) < 4.78 is 6.57. The summed E-state index contributed by atoms with van der Waals surface area (Å²) in [6.45, 7) is 7.33. The van der Waals surface area contributed by atoms with Crippen LogP contribution >= 0.6 is 0 Å². The topological polar surface area (TPSA) is 29.5 Å². The minimum Gasteiger partial charge on any atom is -0.392 e. The van der Waals surface area contributed by atoms with Crippen LogP contribution in [0, 0.1) is 6.92 Å². The molecule has 1 atom stereocenters. The average molecular weight is 324 g/mol. The Morgan fingerprint density at radius 2 is 1.75 bits per heavy atom. The largest absolute Gasteiger partial charge is 0.392 e. The van der Waals surface area contributed by atoms with E-state index >= 15 is 0 Å². The number of rotatable bonds is 5. The maximum atomic E-state index is 9.85. The van der Waals surface area contributed by atoms with Crippen molar-refractivity contribution in [1.29, 1.82) is 0 Å². The molecule has 0 spiro atoms. The molecule has 2 aliphatic rings. The van der Waals surface area contributed by atoms with Gasteiger partial charge in [-0.15, -0.1) is 0 Å². The van der Waals surface area contributed by atoms with Crippen molar-refractivity contribution in [3.8, 4) is 0 Å². The van der Waals surface area contributed by atoms with Gasteiger partial charge in [-0.2, -0.15) is 0 Å². The number of hydrogen-bond donors (Lipinski definition) is 1. The van der Waals surface area contributed by atoms with Crippen molar-refractivity contribution in [2.45, 2.75) is 65.3 Å². The number of ether oxygens (including phenoxy) is 1. The summed E-state index contributed by atoms with van der Waals surface area (Å²) in [6, 6.07) is 13.0. The third-order valence-electron chi connectivity index (χ3n) is 5.34. The summed E-state index contributed by atoms with van der Waals surface area (Å²) in [7, 11) is 0. The Hall–Kier alpha value is -1.64. The van der Waals surface area contributed by atoms with Crippen LogP contribution in [-0.4, -0.2) is 5.11 Å². The molecular weight excluding hydrogens is 296 g/mol. The van der Waals surface area contributed by atoms with Crippen molar-refractivity contribution in [1.82, 2.24) is 0 Å². The molecule has 4 rings (SSSR count).